The maximum Gasteiger partial charge on any atom is 0.126 e. The Balaban J connectivity index is 3.08. The van der Waals surface area contributed by atoms with Crippen LogP contribution in [0.1, 0.15) is 26.3 Å². The van der Waals surface area contributed by atoms with Crippen molar-refractivity contribution in [3.05, 3.63) is 42.2 Å². The lowest BCUT2D eigenvalue weighted by molar-refractivity contribution is 0.348. The zero-order valence-corrected chi connectivity index (χ0v) is 9.51. The van der Waals surface area contributed by atoms with E-state index in [1.54, 1.807) is 12.1 Å². The second kappa shape index (κ2) is 4.47. The maximum atomic E-state index is 13.1. The lowest BCUT2D eigenvalue weighted by atomic mass is 9.86. The Bertz CT molecular complexity index is 350. The SMILES string of the molecule is C=CCOc1cc(F)ccc1C(C)(C)C. The normalized spacial score (nSPS) is 11.2. The smallest absolute Gasteiger partial charge is 0.126 e. The molecule has 0 spiro atoms. The summed E-state index contributed by atoms with van der Waals surface area (Å²) in [4.78, 5) is 0. The molecule has 1 rings (SSSR count). The van der Waals surface area contributed by atoms with Crippen LogP contribution in [0.15, 0.2) is 30.9 Å². The van der Waals surface area contributed by atoms with Gasteiger partial charge in [0.2, 0.25) is 0 Å². The van der Waals surface area contributed by atoms with Crippen LogP contribution in [-0.4, -0.2) is 6.61 Å². The summed E-state index contributed by atoms with van der Waals surface area (Å²) in [5, 5.41) is 0. The van der Waals surface area contributed by atoms with Crippen LogP contribution in [0.25, 0.3) is 0 Å². The molecule has 15 heavy (non-hydrogen) atoms. The van der Waals surface area contributed by atoms with Gasteiger partial charge in [-0.1, -0.05) is 39.5 Å². The highest BCUT2D eigenvalue weighted by Gasteiger charge is 2.19. The van der Waals surface area contributed by atoms with E-state index in [-0.39, 0.29) is 11.2 Å². The number of benzene rings is 1. The van der Waals surface area contributed by atoms with Crippen LogP contribution in [0.4, 0.5) is 4.39 Å². The molecule has 0 aromatic heterocycles. The Hall–Kier alpha value is -1.31. The molecule has 0 saturated carbocycles. The minimum atomic E-state index is -0.276. The van der Waals surface area contributed by atoms with E-state index >= 15 is 0 Å². The third kappa shape index (κ3) is 3.08. The van der Waals surface area contributed by atoms with Crippen molar-refractivity contribution < 1.29 is 9.13 Å². The van der Waals surface area contributed by atoms with E-state index in [1.165, 1.54) is 12.1 Å². The van der Waals surface area contributed by atoms with Crippen molar-refractivity contribution >= 4 is 0 Å². The zero-order valence-electron chi connectivity index (χ0n) is 9.51. The number of hydrogen-bond acceptors (Lipinski definition) is 1. The van der Waals surface area contributed by atoms with E-state index in [0.717, 1.165) is 5.56 Å². The van der Waals surface area contributed by atoms with Gasteiger partial charge in [0, 0.05) is 6.07 Å². The summed E-state index contributed by atoms with van der Waals surface area (Å²) in [6, 6.07) is 4.65. The van der Waals surface area contributed by atoms with Crippen molar-refractivity contribution in [1.29, 1.82) is 0 Å². The van der Waals surface area contributed by atoms with Crippen molar-refractivity contribution in [2.45, 2.75) is 26.2 Å². The highest BCUT2D eigenvalue weighted by Crippen LogP contribution is 2.31. The van der Waals surface area contributed by atoms with Crippen LogP contribution in [0.3, 0.4) is 0 Å². The molecule has 1 aromatic rings. The summed E-state index contributed by atoms with van der Waals surface area (Å²) in [7, 11) is 0. The topological polar surface area (TPSA) is 9.23 Å². The van der Waals surface area contributed by atoms with Crippen LogP contribution in [-0.2, 0) is 5.41 Å². The minimum Gasteiger partial charge on any atom is -0.489 e. The molecule has 0 heterocycles. The van der Waals surface area contributed by atoms with Crippen molar-refractivity contribution in [1.82, 2.24) is 0 Å². The summed E-state index contributed by atoms with van der Waals surface area (Å²) in [6.45, 7) is 10.2. The van der Waals surface area contributed by atoms with Crippen molar-refractivity contribution in [3.8, 4) is 5.75 Å². The van der Waals surface area contributed by atoms with Gasteiger partial charge in [-0.2, -0.15) is 0 Å². The molecule has 0 atom stereocenters. The van der Waals surface area contributed by atoms with Crippen LogP contribution in [0, 0.1) is 5.82 Å². The average Bonchev–Trinajstić information content (AvgIpc) is 2.12. The standard InChI is InChI=1S/C13H17FO/c1-5-8-15-12-9-10(14)6-7-11(12)13(2,3)4/h5-7,9H,1,8H2,2-4H3. The fraction of sp³-hybridized carbons (Fsp3) is 0.385. The summed E-state index contributed by atoms with van der Waals surface area (Å²) in [5.74, 6) is 0.324. The van der Waals surface area contributed by atoms with E-state index in [0.29, 0.717) is 12.4 Å². The second-order valence-electron chi connectivity index (χ2n) is 4.49. The van der Waals surface area contributed by atoms with Gasteiger partial charge in [0.1, 0.15) is 18.2 Å². The Kier molecular flexibility index (Phi) is 3.51. The molecule has 0 amide bonds. The number of halogens is 1. The Morgan fingerprint density at radius 1 is 1.40 bits per heavy atom. The quantitative estimate of drug-likeness (QED) is 0.688. The number of hydrogen-bond donors (Lipinski definition) is 0. The molecule has 0 unspecified atom stereocenters. The lowest BCUT2D eigenvalue weighted by Crippen LogP contribution is -2.13. The first-order valence-electron chi connectivity index (χ1n) is 4.99. The van der Waals surface area contributed by atoms with Gasteiger partial charge in [-0.15, -0.1) is 0 Å². The molecular formula is C13H17FO. The Morgan fingerprint density at radius 3 is 2.60 bits per heavy atom. The van der Waals surface area contributed by atoms with Crippen LogP contribution < -0.4 is 4.74 Å². The van der Waals surface area contributed by atoms with Gasteiger partial charge in [-0.25, -0.2) is 4.39 Å². The summed E-state index contributed by atoms with van der Waals surface area (Å²) < 4.78 is 18.5. The molecule has 82 valence electrons. The Morgan fingerprint density at radius 2 is 2.07 bits per heavy atom. The molecule has 0 saturated heterocycles. The zero-order chi connectivity index (χ0) is 11.5. The van der Waals surface area contributed by atoms with E-state index in [4.69, 9.17) is 4.74 Å². The summed E-state index contributed by atoms with van der Waals surface area (Å²) in [6.07, 6.45) is 1.65. The van der Waals surface area contributed by atoms with Crippen LogP contribution >= 0.6 is 0 Å². The highest BCUT2D eigenvalue weighted by atomic mass is 19.1. The Labute approximate surface area is 90.6 Å². The summed E-state index contributed by atoms with van der Waals surface area (Å²) in [5.41, 5.74) is 0.954. The molecule has 1 nitrogen and oxygen atoms in total. The van der Waals surface area contributed by atoms with Gasteiger partial charge in [0.15, 0.2) is 0 Å². The fourth-order valence-corrected chi connectivity index (χ4v) is 1.38. The van der Waals surface area contributed by atoms with Crippen molar-refractivity contribution in [3.63, 3.8) is 0 Å². The molecule has 2 heteroatoms. The molecule has 0 bridgehead atoms. The maximum absolute atomic E-state index is 13.1. The molecule has 0 aliphatic rings. The van der Waals surface area contributed by atoms with Crippen LogP contribution in [0.2, 0.25) is 0 Å². The first kappa shape index (κ1) is 11.8. The van der Waals surface area contributed by atoms with E-state index in [1.807, 2.05) is 0 Å². The molecule has 1 aromatic carbocycles. The van der Waals surface area contributed by atoms with E-state index in [9.17, 15) is 4.39 Å². The minimum absolute atomic E-state index is 0.0514. The van der Waals surface area contributed by atoms with Gasteiger partial charge >= 0.3 is 0 Å². The van der Waals surface area contributed by atoms with E-state index < -0.39 is 0 Å². The van der Waals surface area contributed by atoms with Gasteiger partial charge < -0.3 is 4.74 Å². The largest absolute Gasteiger partial charge is 0.489 e. The summed E-state index contributed by atoms with van der Waals surface area (Å²) >= 11 is 0. The molecular weight excluding hydrogens is 191 g/mol. The predicted molar refractivity (Wildman–Crippen MR) is 60.8 cm³/mol. The van der Waals surface area contributed by atoms with Crippen molar-refractivity contribution in [2.75, 3.05) is 6.61 Å². The molecule has 0 N–H and O–H groups in total. The van der Waals surface area contributed by atoms with E-state index in [2.05, 4.69) is 27.4 Å². The fourth-order valence-electron chi connectivity index (χ4n) is 1.38. The molecule has 0 radical (unpaired) electrons. The second-order valence-corrected chi connectivity index (χ2v) is 4.49. The van der Waals surface area contributed by atoms with Crippen molar-refractivity contribution in [2.24, 2.45) is 0 Å². The third-order valence-corrected chi connectivity index (χ3v) is 2.11. The highest BCUT2D eigenvalue weighted by molar-refractivity contribution is 5.39. The lowest BCUT2D eigenvalue weighted by Gasteiger charge is -2.22. The van der Waals surface area contributed by atoms with Gasteiger partial charge in [-0.3, -0.25) is 0 Å². The average molecular weight is 208 g/mol. The first-order valence-corrected chi connectivity index (χ1v) is 4.99. The van der Waals surface area contributed by atoms with Gasteiger partial charge in [0.25, 0.3) is 0 Å². The molecule has 0 aliphatic heterocycles. The number of rotatable bonds is 3. The number of ether oxygens (including phenoxy) is 1. The molecule has 0 aliphatic carbocycles. The van der Waals surface area contributed by atoms with Crippen LogP contribution in [0.5, 0.6) is 5.75 Å². The van der Waals surface area contributed by atoms with Gasteiger partial charge in [0.05, 0.1) is 0 Å². The molecule has 0 fully saturated rings. The predicted octanol–water partition coefficient (Wildman–Crippen LogP) is 3.69. The monoisotopic (exact) mass is 208 g/mol. The van der Waals surface area contributed by atoms with Gasteiger partial charge in [-0.05, 0) is 17.0 Å². The third-order valence-electron chi connectivity index (χ3n) is 2.11. The first-order chi connectivity index (χ1) is 6.95.